The maximum Gasteiger partial charge on any atom is 0.472 e. The second kappa shape index (κ2) is 70.1. The van der Waals surface area contributed by atoms with E-state index in [-0.39, 0.29) is 25.7 Å². The number of carbonyl (C=O) groups excluding carboxylic acids is 4. The molecule has 0 aliphatic rings. The third-order valence-electron chi connectivity index (χ3n) is 19.2. The van der Waals surface area contributed by atoms with Crippen molar-refractivity contribution in [3.8, 4) is 0 Å². The third-order valence-corrected chi connectivity index (χ3v) is 21.1. The lowest BCUT2D eigenvalue weighted by molar-refractivity contribution is -0.161. The van der Waals surface area contributed by atoms with Gasteiger partial charge in [-0.2, -0.15) is 0 Å². The smallest absolute Gasteiger partial charge is 0.462 e. The molecule has 19 heteroatoms. The highest BCUT2D eigenvalue weighted by Gasteiger charge is 2.30. The van der Waals surface area contributed by atoms with Crippen LogP contribution in [-0.4, -0.2) is 96.7 Å². The molecule has 6 atom stereocenters. The predicted octanol–water partition coefficient (Wildman–Crippen LogP) is 24.0. The Morgan fingerprint density at radius 1 is 0.280 bits per heavy atom. The zero-order valence-electron chi connectivity index (χ0n) is 65.8. The molecular formula is C81H158O17P2. The second-order valence-corrected chi connectivity index (χ2v) is 33.7. The number of aliphatic hydroxyl groups excluding tert-OH is 1. The van der Waals surface area contributed by atoms with Gasteiger partial charge in [-0.1, -0.05) is 364 Å². The van der Waals surface area contributed by atoms with E-state index in [9.17, 15) is 43.2 Å². The highest BCUT2D eigenvalue weighted by atomic mass is 31.2. The summed E-state index contributed by atoms with van der Waals surface area (Å²) in [6.07, 6.45) is 57.0. The van der Waals surface area contributed by atoms with E-state index in [0.29, 0.717) is 31.6 Å². The molecule has 0 fully saturated rings. The molecule has 0 bridgehead atoms. The van der Waals surface area contributed by atoms with Gasteiger partial charge in [-0.15, -0.1) is 0 Å². The lowest BCUT2D eigenvalue weighted by atomic mass is 9.99. The Hall–Kier alpha value is -1.94. The molecular weight excluding hydrogens is 1310 g/mol. The number of hydrogen-bond donors (Lipinski definition) is 3. The number of rotatable bonds is 78. The zero-order chi connectivity index (χ0) is 73.8. The van der Waals surface area contributed by atoms with Crippen molar-refractivity contribution in [2.75, 3.05) is 39.6 Å². The molecule has 0 rings (SSSR count). The molecule has 0 radical (unpaired) electrons. The van der Waals surface area contributed by atoms with Crippen molar-refractivity contribution in [3.05, 3.63) is 0 Å². The van der Waals surface area contributed by atoms with Gasteiger partial charge >= 0.3 is 39.5 Å². The van der Waals surface area contributed by atoms with E-state index < -0.39 is 97.5 Å². The largest absolute Gasteiger partial charge is 0.472 e. The molecule has 4 unspecified atom stereocenters. The molecule has 0 spiro atoms. The SMILES string of the molecule is CCC(C)CCCCCCCCCCCCC(=O)O[C@H](COC(=O)CCCCCCCCCC(C)C)COP(=O)(O)OCC(O)COP(=O)(O)OC[C@@H](COC(=O)CCCCCCCCCCCCCCCCCCCCC(C)C)OC(=O)CCCCCCCCCCCCCCC(C)C. The van der Waals surface area contributed by atoms with Crippen molar-refractivity contribution >= 4 is 39.5 Å². The molecule has 3 N–H and O–H groups in total. The van der Waals surface area contributed by atoms with Crippen LogP contribution < -0.4 is 0 Å². The number of hydrogen-bond acceptors (Lipinski definition) is 15. The molecule has 0 aliphatic heterocycles. The topological polar surface area (TPSA) is 237 Å². The van der Waals surface area contributed by atoms with Crippen LogP contribution in [-0.2, 0) is 65.4 Å². The first-order valence-corrected chi connectivity index (χ1v) is 44.7. The highest BCUT2D eigenvalue weighted by molar-refractivity contribution is 7.47. The first-order valence-electron chi connectivity index (χ1n) is 41.7. The van der Waals surface area contributed by atoms with Gasteiger partial charge in [-0.25, -0.2) is 9.13 Å². The minimum absolute atomic E-state index is 0.105. The minimum atomic E-state index is -4.96. The number of aliphatic hydroxyl groups is 1. The summed E-state index contributed by atoms with van der Waals surface area (Å²) >= 11 is 0. The lowest BCUT2D eigenvalue weighted by Gasteiger charge is -2.21. The van der Waals surface area contributed by atoms with Gasteiger partial charge in [-0.05, 0) is 49.4 Å². The molecule has 0 aromatic heterocycles. The number of carbonyl (C=O) groups is 4. The van der Waals surface area contributed by atoms with Gasteiger partial charge in [0.25, 0.3) is 0 Å². The molecule has 100 heavy (non-hydrogen) atoms. The first-order chi connectivity index (χ1) is 48.1. The van der Waals surface area contributed by atoms with Crippen LogP contribution in [0.15, 0.2) is 0 Å². The van der Waals surface area contributed by atoms with Crippen molar-refractivity contribution in [3.63, 3.8) is 0 Å². The predicted molar refractivity (Wildman–Crippen MR) is 409 cm³/mol. The van der Waals surface area contributed by atoms with Crippen molar-refractivity contribution in [1.82, 2.24) is 0 Å². The lowest BCUT2D eigenvalue weighted by Crippen LogP contribution is -2.30. The molecule has 0 saturated heterocycles. The molecule has 0 saturated carbocycles. The Bertz CT molecular complexity index is 1960. The van der Waals surface area contributed by atoms with Gasteiger partial charge in [0, 0.05) is 25.7 Å². The maximum atomic E-state index is 13.1. The number of phosphoric acid groups is 2. The van der Waals surface area contributed by atoms with E-state index in [1.165, 1.54) is 212 Å². The fraction of sp³-hybridized carbons (Fsp3) is 0.951. The van der Waals surface area contributed by atoms with E-state index in [1.807, 2.05) is 0 Å². The molecule has 594 valence electrons. The van der Waals surface area contributed by atoms with E-state index >= 15 is 0 Å². The van der Waals surface area contributed by atoms with Gasteiger partial charge in [0.05, 0.1) is 26.4 Å². The van der Waals surface area contributed by atoms with E-state index in [1.54, 1.807) is 0 Å². The van der Waals surface area contributed by atoms with E-state index in [2.05, 4.69) is 55.4 Å². The monoisotopic (exact) mass is 1470 g/mol. The van der Waals surface area contributed by atoms with E-state index in [0.717, 1.165) is 114 Å². The molecule has 0 aromatic carbocycles. The summed E-state index contributed by atoms with van der Waals surface area (Å²) in [5.41, 5.74) is 0. The molecule has 0 heterocycles. The Balaban J connectivity index is 5.21. The second-order valence-electron chi connectivity index (χ2n) is 30.8. The molecule has 0 amide bonds. The van der Waals surface area contributed by atoms with Crippen LogP contribution in [0.3, 0.4) is 0 Å². The van der Waals surface area contributed by atoms with Crippen LogP contribution in [0.25, 0.3) is 0 Å². The van der Waals surface area contributed by atoms with Crippen LogP contribution in [0.2, 0.25) is 0 Å². The Labute approximate surface area is 613 Å². The summed E-state index contributed by atoms with van der Waals surface area (Å²) < 4.78 is 68.7. The maximum absolute atomic E-state index is 13.1. The number of esters is 4. The quantitative estimate of drug-likeness (QED) is 0.0222. The molecule has 0 aromatic rings. The van der Waals surface area contributed by atoms with Crippen molar-refractivity contribution in [2.45, 2.75) is 433 Å². The van der Waals surface area contributed by atoms with Gasteiger partial charge < -0.3 is 33.8 Å². The van der Waals surface area contributed by atoms with Crippen LogP contribution in [0, 0.1) is 23.7 Å². The zero-order valence-corrected chi connectivity index (χ0v) is 67.6. The summed E-state index contributed by atoms with van der Waals surface area (Å²) in [7, 11) is -9.92. The van der Waals surface area contributed by atoms with Crippen LogP contribution in [0.1, 0.15) is 415 Å². The summed E-state index contributed by atoms with van der Waals surface area (Å²) in [6.45, 7) is 14.3. The standard InChI is InChI=1S/C81H158O17P2/c1-9-74(8)60-52-44-36-28-24-25-31-39-48-56-64-81(86)98-77(68-92-79(84)62-54-46-40-32-35-43-51-59-73(6)7)70-96-100(89,90)94-66-75(82)65-93-99(87,88)95-69-76(97-80(85)63-55-47-38-30-23-19-18-21-27-34-42-50-58-72(4)5)67-91-78(83)61-53-45-37-29-22-17-15-13-11-10-12-14-16-20-26-33-41-49-57-71(2)3/h71-77,82H,9-70H2,1-8H3,(H,87,88)(H,89,90)/t74?,75?,76-,77-/m1/s1. The summed E-state index contributed by atoms with van der Waals surface area (Å²) in [4.78, 5) is 73.0. The number of phosphoric ester groups is 2. The normalized spacial score (nSPS) is 14.3. The van der Waals surface area contributed by atoms with Crippen LogP contribution >= 0.6 is 15.6 Å². The average Bonchev–Trinajstić information content (AvgIpc) is 0.916. The number of ether oxygens (including phenoxy) is 4. The Morgan fingerprint density at radius 2 is 0.480 bits per heavy atom. The summed E-state index contributed by atoms with van der Waals surface area (Å²) in [5, 5.41) is 10.6. The average molecular weight is 1470 g/mol. The van der Waals surface area contributed by atoms with Gasteiger partial charge in [-0.3, -0.25) is 37.3 Å². The van der Waals surface area contributed by atoms with Gasteiger partial charge in [0.2, 0.25) is 0 Å². The first kappa shape index (κ1) is 98.1. The Kier molecular flexibility index (Phi) is 68.7. The summed E-state index contributed by atoms with van der Waals surface area (Å²) in [6, 6.07) is 0. The molecule has 0 aliphatic carbocycles. The van der Waals surface area contributed by atoms with Crippen LogP contribution in [0.4, 0.5) is 0 Å². The fourth-order valence-corrected chi connectivity index (χ4v) is 14.0. The van der Waals surface area contributed by atoms with Crippen molar-refractivity contribution in [1.29, 1.82) is 0 Å². The Morgan fingerprint density at radius 3 is 0.710 bits per heavy atom. The molecule has 17 nitrogen and oxygen atoms in total. The fourth-order valence-electron chi connectivity index (χ4n) is 12.4. The van der Waals surface area contributed by atoms with E-state index in [4.69, 9.17) is 37.0 Å². The van der Waals surface area contributed by atoms with Crippen molar-refractivity contribution < 1.29 is 80.2 Å². The third kappa shape index (κ3) is 73.0. The highest BCUT2D eigenvalue weighted by Crippen LogP contribution is 2.45. The van der Waals surface area contributed by atoms with Crippen molar-refractivity contribution in [2.24, 2.45) is 23.7 Å². The minimum Gasteiger partial charge on any atom is -0.462 e. The van der Waals surface area contributed by atoms with Crippen LogP contribution in [0.5, 0.6) is 0 Å². The van der Waals surface area contributed by atoms with Gasteiger partial charge in [0.15, 0.2) is 12.2 Å². The number of unbranched alkanes of at least 4 members (excludes halogenated alkanes) is 43. The van der Waals surface area contributed by atoms with Gasteiger partial charge in [0.1, 0.15) is 19.3 Å². The summed E-state index contributed by atoms with van der Waals surface area (Å²) in [5.74, 6) is 0.992.